The molecule has 0 aliphatic heterocycles. The molecule has 0 saturated carbocycles. The number of benzene rings is 1. The lowest BCUT2D eigenvalue weighted by atomic mass is 10.1. The predicted molar refractivity (Wildman–Crippen MR) is 81.9 cm³/mol. The van der Waals surface area contributed by atoms with E-state index >= 15 is 0 Å². The van der Waals surface area contributed by atoms with Crippen molar-refractivity contribution in [3.05, 3.63) is 33.6 Å². The number of nitrogens with zero attached hydrogens (tertiary/aromatic N) is 2. The number of rotatable bonds is 6. The fraction of sp³-hybridized carbons (Fsp3) is 0.308. The summed E-state index contributed by atoms with van der Waals surface area (Å²) >= 11 is 4.48. The van der Waals surface area contributed by atoms with Gasteiger partial charge in [0, 0.05) is 30.3 Å². The summed E-state index contributed by atoms with van der Waals surface area (Å²) in [6.45, 7) is 1.20. The second-order valence-electron chi connectivity index (χ2n) is 4.06. The van der Waals surface area contributed by atoms with E-state index in [1.165, 1.54) is 0 Å². The Hall–Kier alpha value is -1.31. The second-order valence-corrected chi connectivity index (χ2v) is 5.73. The third-order valence-electron chi connectivity index (χ3n) is 2.62. The van der Waals surface area contributed by atoms with Crippen LogP contribution in [0.3, 0.4) is 0 Å². The maximum absolute atomic E-state index is 12.1. The summed E-state index contributed by atoms with van der Waals surface area (Å²) in [5, 5.41) is 6.89. The molecule has 1 heterocycles. The number of hydrogen-bond acceptors (Lipinski definition) is 5. The Bertz CT molecular complexity index is 571. The number of nitrogens with one attached hydrogen (secondary N) is 1. The third-order valence-corrected chi connectivity index (χ3v) is 3.88. The maximum Gasteiger partial charge on any atom is 0.265 e. The molecule has 0 bridgehead atoms. The first-order valence-electron chi connectivity index (χ1n) is 6.08. The first-order valence-corrected chi connectivity index (χ1v) is 7.64. The molecule has 1 N–H and O–H groups in total. The summed E-state index contributed by atoms with van der Waals surface area (Å²) in [5.74, 6) is -0.144. The SMILES string of the molecule is COCCCNC(=O)c1snnc1-c1ccc(Br)cc1. The minimum absolute atomic E-state index is 0.144. The van der Waals surface area contributed by atoms with Gasteiger partial charge in [-0.15, -0.1) is 5.10 Å². The van der Waals surface area contributed by atoms with Crippen LogP contribution in [-0.4, -0.2) is 35.8 Å². The van der Waals surface area contributed by atoms with E-state index in [2.05, 4.69) is 30.8 Å². The molecule has 2 rings (SSSR count). The minimum atomic E-state index is -0.144. The van der Waals surface area contributed by atoms with Crippen molar-refractivity contribution in [1.82, 2.24) is 14.9 Å². The number of carbonyl (C=O) groups is 1. The van der Waals surface area contributed by atoms with E-state index in [0.717, 1.165) is 28.0 Å². The summed E-state index contributed by atoms with van der Waals surface area (Å²) in [6, 6.07) is 7.63. The number of hydrogen-bond donors (Lipinski definition) is 1. The standard InChI is InChI=1S/C13H14BrN3O2S/c1-19-8-2-7-15-13(18)12-11(16-17-20-12)9-3-5-10(14)6-4-9/h3-6H,2,7-8H2,1H3,(H,15,18). The van der Waals surface area contributed by atoms with Gasteiger partial charge in [0.1, 0.15) is 10.6 Å². The van der Waals surface area contributed by atoms with Crippen LogP contribution in [0.2, 0.25) is 0 Å². The number of ether oxygens (including phenoxy) is 1. The molecule has 0 atom stereocenters. The molecule has 7 heteroatoms. The zero-order valence-corrected chi connectivity index (χ0v) is 13.3. The van der Waals surface area contributed by atoms with Gasteiger partial charge in [-0.2, -0.15) is 0 Å². The predicted octanol–water partition coefficient (Wildman–Crippen LogP) is 2.73. The van der Waals surface area contributed by atoms with Crippen molar-refractivity contribution in [2.75, 3.05) is 20.3 Å². The number of methoxy groups -OCH3 is 1. The zero-order valence-electron chi connectivity index (χ0n) is 10.9. The lowest BCUT2D eigenvalue weighted by molar-refractivity contribution is 0.0953. The average Bonchev–Trinajstić information content (AvgIpc) is 2.93. The van der Waals surface area contributed by atoms with Crippen LogP contribution in [-0.2, 0) is 4.74 Å². The molecule has 2 aromatic rings. The number of amides is 1. The van der Waals surface area contributed by atoms with Crippen LogP contribution in [0.15, 0.2) is 28.7 Å². The fourth-order valence-corrected chi connectivity index (χ4v) is 2.50. The van der Waals surface area contributed by atoms with E-state index < -0.39 is 0 Å². The average molecular weight is 356 g/mol. The van der Waals surface area contributed by atoms with E-state index in [-0.39, 0.29) is 5.91 Å². The van der Waals surface area contributed by atoms with Crippen molar-refractivity contribution in [3.63, 3.8) is 0 Å². The fourth-order valence-electron chi connectivity index (χ4n) is 1.63. The monoisotopic (exact) mass is 355 g/mol. The smallest absolute Gasteiger partial charge is 0.265 e. The zero-order chi connectivity index (χ0) is 14.4. The van der Waals surface area contributed by atoms with Crippen LogP contribution < -0.4 is 5.32 Å². The van der Waals surface area contributed by atoms with Gasteiger partial charge in [-0.1, -0.05) is 32.6 Å². The first-order chi connectivity index (χ1) is 9.72. The second kappa shape index (κ2) is 7.47. The molecule has 1 amide bonds. The summed E-state index contributed by atoms with van der Waals surface area (Å²) in [4.78, 5) is 12.6. The Kier molecular flexibility index (Phi) is 5.63. The Morgan fingerprint density at radius 3 is 2.85 bits per heavy atom. The van der Waals surface area contributed by atoms with Gasteiger partial charge in [0.2, 0.25) is 0 Å². The van der Waals surface area contributed by atoms with Gasteiger partial charge in [-0.3, -0.25) is 4.79 Å². The van der Waals surface area contributed by atoms with Crippen molar-refractivity contribution in [1.29, 1.82) is 0 Å². The molecule has 0 radical (unpaired) electrons. The lowest BCUT2D eigenvalue weighted by Gasteiger charge is -2.04. The number of halogens is 1. The van der Waals surface area contributed by atoms with Crippen LogP contribution in [0.4, 0.5) is 0 Å². The molecule has 0 fully saturated rings. The molecule has 1 aromatic carbocycles. The molecule has 106 valence electrons. The van der Waals surface area contributed by atoms with Crippen molar-refractivity contribution in [2.24, 2.45) is 0 Å². The van der Waals surface area contributed by atoms with Gasteiger partial charge >= 0.3 is 0 Å². The first kappa shape index (κ1) is 15.1. The van der Waals surface area contributed by atoms with Gasteiger partial charge in [-0.25, -0.2) is 0 Å². The Morgan fingerprint density at radius 2 is 2.15 bits per heavy atom. The normalized spacial score (nSPS) is 10.5. The van der Waals surface area contributed by atoms with Gasteiger partial charge in [0.25, 0.3) is 5.91 Å². The highest BCUT2D eigenvalue weighted by atomic mass is 79.9. The van der Waals surface area contributed by atoms with E-state index in [0.29, 0.717) is 23.7 Å². The van der Waals surface area contributed by atoms with Crippen LogP contribution in [0.1, 0.15) is 16.1 Å². The van der Waals surface area contributed by atoms with Gasteiger partial charge in [0.15, 0.2) is 0 Å². The highest BCUT2D eigenvalue weighted by Gasteiger charge is 2.17. The molecule has 1 aromatic heterocycles. The summed E-state index contributed by atoms with van der Waals surface area (Å²) < 4.78 is 9.80. The quantitative estimate of drug-likeness (QED) is 0.809. The molecular weight excluding hydrogens is 342 g/mol. The van der Waals surface area contributed by atoms with Gasteiger partial charge < -0.3 is 10.1 Å². The Labute approximate surface area is 129 Å². The maximum atomic E-state index is 12.1. The summed E-state index contributed by atoms with van der Waals surface area (Å²) in [7, 11) is 1.64. The minimum Gasteiger partial charge on any atom is -0.385 e. The molecule has 5 nitrogen and oxygen atoms in total. The highest BCUT2D eigenvalue weighted by molar-refractivity contribution is 9.10. The van der Waals surface area contributed by atoms with E-state index in [4.69, 9.17) is 4.74 Å². The van der Waals surface area contributed by atoms with Crippen LogP contribution >= 0.6 is 27.5 Å². The Balaban J connectivity index is 2.08. The molecule has 0 saturated heterocycles. The largest absolute Gasteiger partial charge is 0.385 e. The van der Waals surface area contributed by atoms with Crippen LogP contribution in [0.25, 0.3) is 11.3 Å². The molecule has 0 aliphatic carbocycles. The van der Waals surface area contributed by atoms with E-state index in [1.54, 1.807) is 7.11 Å². The number of aromatic nitrogens is 2. The highest BCUT2D eigenvalue weighted by Crippen LogP contribution is 2.25. The number of carbonyl (C=O) groups excluding carboxylic acids is 1. The Morgan fingerprint density at radius 1 is 1.40 bits per heavy atom. The van der Waals surface area contributed by atoms with Crippen molar-refractivity contribution in [3.8, 4) is 11.3 Å². The van der Waals surface area contributed by atoms with E-state index in [1.807, 2.05) is 24.3 Å². The molecule has 0 aliphatic rings. The van der Waals surface area contributed by atoms with Crippen LogP contribution in [0, 0.1) is 0 Å². The third kappa shape index (κ3) is 3.84. The lowest BCUT2D eigenvalue weighted by Crippen LogP contribution is -2.24. The van der Waals surface area contributed by atoms with E-state index in [9.17, 15) is 4.79 Å². The van der Waals surface area contributed by atoms with Gasteiger partial charge in [-0.05, 0) is 30.1 Å². The molecule has 0 spiro atoms. The molecule has 0 unspecified atom stereocenters. The topological polar surface area (TPSA) is 64.1 Å². The summed E-state index contributed by atoms with van der Waals surface area (Å²) in [5.41, 5.74) is 1.50. The van der Waals surface area contributed by atoms with Crippen molar-refractivity contribution >= 4 is 33.4 Å². The van der Waals surface area contributed by atoms with Crippen LogP contribution in [0.5, 0.6) is 0 Å². The molecular formula is C13H14BrN3O2S. The summed E-state index contributed by atoms with van der Waals surface area (Å²) in [6.07, 6.45) is 0.780. The molecule has 20 heavy (non-hydrogen) atoms. The van der Waals surface area contributed by atoms with Crippen molar-refractivity contribution in [2.45, 2.75) is 6.42 Å². The van der Waals surface area contributed by atoms with Gasteiger partial charge in [0.05, 0.1) is 0 Å². The van der Waals surface area contributed by atoms with Crippen molar-refractivity contribution < 1.29 is 9.53 Å².